The second-order valence-electron chi connectivity index (χ2n) is 10.2. The highest BCUT2D eigenvalue weighted by atomic mass is 16.6. The summed E-state index contributed by atoms with van der Waals surface area (Å²) in [5.74, 6) is -2.33. The standard InChI is InChI=1S/C27H29N5O7/c1-27(2,3)39-26(38)31(4)17-8-6-16(7-9-17)29-25(37)28-14-15-5-10-18-19(13-15)24(36)32(23(18)35)20-11-12-21(33)30-22(20)34/h5-10,13,20H,11-12,14H2,1-4H3,(H2,28,29,37)(H,30,33,34). The number of imide groups is 2. The largest absolute Gasteiger partial charge is 0.443 e. The van der Waals surface area contributed by atoms with Gasteiger partial charge in [-0.3, -0.25) is 34.3 Å². The van der Waals surface area contributed by atoms with Gasteiger partial charge >= 0.3 is 12.1 Å². The van der Waals surface area contributed by atoms with Crippen LogP contribution >= 0.6 is 0 Å². The third-order valence-electron chi connectivity index (χ3n) is 6.14. The van der Waals surface area contributed by atoms with E-state index in [0.29, 0.717) is 16.9 Å². The van der Waals surface area contributed by atoms with Crippen molar-refractivity contribution in [3.63, 3.8) is 0 Å². The number of rotatable bonds is 5. The quantitative estimate of drug-likeness (QED) is 0.498. The van der Waals surface area contributed by atoms with E-state index >= 15 is 0 Å². The smallest absolute Gasteiger partial charge is 0.414 e. The highest BCUT2D eigenvalue weighted by Gasteiger charge is 2.44. The van der Waals surface area contributed by atoms with Crippen LogP contribution in [-0.4, -0.2) is 59.3 Å². The minimum Gasteiger partial charge on any atom is -0.443 e. The number of urea groups is 1. The van der Waals surface area contributed by atoms with E-state index in [-0.39, 0.29) is 30.5 Å². The summed E-state index contributed by atoms with van der Waals surface area (Å²) in [4.78, 5) is 76.3. The minimum atomic E-state index is -1.04. The first kappa shape index (κ1) is 27.3. The van der Waals surface area contributed by atoms with E-state index in [9.17, 15) is 28.8 Å². The number of amides is 7. The predicted octanol–water partition coefficient (Wildman–Crippen LogP) is 2.78. The molecular formula is C27H29N5O7. The molecule has 0 spiro atoms. The van der Waals surface area contributed by atoms with Crippen LogP contribution in [0.2, 0.25) is 0 Å². The molecule has 0 saturated carbocycles. The first-order chi connectivity index (χ1) is 18.3. The number of benzene rings is 2. The number of ether oxygens (including phenoxy) is 1. The van der Waals surface area contributed by atoms with Gasteiger partial charge in [-0.2, -0.15) is 0 Å². The molecule has 1 unspecified atom stereocenters. The number of piperidine rings is 1. The van der Waals surface area contributed by atoms with Gasteiger partial charge in [0.1, 0.15) is 11.6 Å². The topological polar surface area (TPSA) is 154 Å². The molecule has 3 N–H and O–H groups in total. The molecule has 2 heterocycles. The van der Waals surface area contributed by atoms with Crippen LogP contribution in [-0.2, 0) is 20.9 Å². The fraction of sp³-hybridized carbons (Fsp3) is 0.333. The molecule has 0 radical (unpaired) electrons. The maximum absolute atomic E-state index is 13.0. The van der Waals surface area contributed by atoms with Crippen molar-refractivity contribution >= 4 is 47.1 Å². The molecule has 4 rings (SSSR count). The van der Waals surface area contributed by atoms with Crippen molar-refractivity contribution in [1.29, 1.82) is 0 Å². The van der Waals surface area contributed by atoms with Crippen LogP contribution in [0.25, 0.3) is 0 Å². The van der Waals surface area contributed by atoms with Gasteiger partial charge in [0.25, 0.3) is 11.8 Å². The Morgan fingerprint density at radius 3 is 2.33 bits per heavy atom. The Bertz CT molecular complexity index is 1360. The Morgan fingerprint density at radius 1 is 1.03 bits per heavy atom. The van der Waals surface area contributed by atoms with Crippen molar-refractivity contribution < 1.29 is 33.5 Å². The molecule has 1 fully saturated rings. The van der Waals surface area contributed by atoms with E-state index in [0.717, 1.165) is 4.90 Å². The van der Waals surface area contributed by atoms with Crippen LogP contribution in [0.5, 0.6) is 0 Å². The maximum Gasteiger partial charge on any atom is 0.414 e. The summed E-state index contributed by atoms with van der Waals surface area (Å²) in [7, 11) is 1.59. The van der Waals surface area contributed by atoms with Gasteiger partial charge < -0.3 is 15.4 Å². The fourth-order valence-corrected chi connectivity index (χ4v) is 4.19. The third-order valence-corrected chi connectivity index (χ3v) is 6.14. The third kappa shape index (κ3) is 6.06. The fourth-order valence-electron chi connectivity index (χ4n) is 4.19. The molecule has 1 saturated heterocycles. The van der Waals surface area contributed by atoms with Gasteiger partial charge in [-0.15, -0.1) is 0 Å². The summed E-state index contributed by atoms with van der Waals surface area (Å²) < 4.78 is 5.34. The zero-order valence-electron chi connectivity index (χ0n) is 22.0. The maximum atomic E-state index is 13.0. The van der Waals surface area contributed by atoms with Crippen LogP contribution in [0.1, 0.15) is 59.9 Å². The van der Waals surface area contributed by atoms with Crippen molar-refractivity contribution in [3.05, 3.63) is 59.2 Å². The number of hydrogen-bond donors (Lipinski definition) is 3. The van der Waals surface area contributed by atoms with E-state index < -0.39 is 47.4 Å². The molecule has 2 aliphatic heterocycles. The van der Waals surface area contributed by atoms with Gasteiger partial charge in [-0.25, -0.2) is 9.59 Å². The van der Waals surface area contributed by atoms with Gasteiger partial charge in [-0.1, -0.05) is 6.07 Å². The molecule has 7 amide bonds. The zero-order valence-corrected chi connectivity index (χ0v) is 22.0. The van der Waals surface area contributed by atoms with E-state index in [1.807, 2.05) is 0 Å². The molecular weight excluding hydrogens is 506 g/mol. The van der Waals surface area contributed by atoms with Crippen molar-refractivity contribution in [2.45, 2.75) is 51.8 Å². The normalized spacial score (nSPS) is 16.9. The number of nitrogens with one attached hydrogen (secondary N) is 3. The molecule has 2 aromatic rings. The highest BCUT2D eigenvalue weighted by molar-refractivity contribution is 6.23. The van der Waals surface area contributed by atoms with Gasteiger partial charge in [0, 0.05) is 31.4 Å². The molecule has 0 bridgehead atoms. The van der Waals surface area contributed by atoms with Crippen LogP contribution in [0.15, 0.2) is 42.5 Å². The molecule has 204 valence electrons. The van der Waals surface area contributed by atoms with Crippen molar-refractivity contribution in [1.82, 2.24) is 15.5 Å². The summed E-state index contributed by atoms with van der Waals surface area (Å²) in [5.41, 5.74) is 1.31. The average Bonchev–Trinajstić information content (AvgIpc) is 3.11. The van der Waals surface area contributed by atoms with Crippen molar-refractivity contribution in [2.75, 3.05) is 17.3 Å². The average molecular weight is 536 g/mol. The van der Waals surface area contributed by atoms with Crippen LogP contribution in [0, 0.1) is 0 Å². The summed E-state index contributed by atoms with van der Waals surface area (Å²) in [6.07, 6.45) is -0.393. The second kappa shape index (κ2) is 10.6. The van der Waals surface area contributed by atoms with E-state index in [1.165, 1.54) is 17.0 Å². The zero-order chi connectivity index (χ0) is 28.5. The van der Waals surface area contributed by atoms with Crippen molar-refractivity contribution in [3.8, 4) is 0 Å². The first-order valence-electron chi connectivity index (χ1n) is 12.3. The van der Waals surface area contributed by atoms with Gasteiger partial charge in [-0.05, 0) is 69.2 Å². The van der Waals surface area contributed by atoms with Gasteiger partial charge in [0.2, 0.25) is 11.8 Å². The van der Waals surface area contributed by atoms with Crippen LogP contribution in [0.3, 0.4) is 0 Å². The minimum absolute atomic E-state index is 0.0390. The monoisotopic (exact) mass is 535 g/mol. The molecule has 0 aromatic heterocycles. The summed E-state index contributed by atoms with van der Waals surface area (Å²) in [6, 6.07) is 9.65. The molecule has 1 atom stereocenters. The van der Waals surface area contributed by atoms with E-state index in [4.69, 9.17) is 4.74 Å². The summed E-state index contributed by atoms with van der Waals surface area (Å²) in [5, 5.41) is 7.53. The predicted molar refractivity (Wildman–Crippen MR) is 140 cm³/mol. The molecule has 12 heteroatoms. The SMILES string of the molecule is CN(C(=O)OC(C)(C)C)c1ccc(NC(=O)NCc2ccc3c(c2)C(=O)N(C2CCC(=O)NC2=O)C3=O)cc1. The number of fused-ring (bicyclic) bond motifs is 1. The van der Waals surface area contributed by atoms with Gasteiger partial charge in [0.05, 0.1) is 11.1 Å². The molecule has 39 heavy (non-hydrogen) atoms. The van der Waals surface area contributed by atoms with Crippen LogP contribution < -0.4 is 20.9 Å². The molecule has 2 aliphatic rings. The lowest BCUT2D eigenvalue weighted by Crippen LogP contribution is -2.54. The number of anilines is 2. The summed E-state index contributed by atoms with van der Waals surface area (Å²) >= 11 is 0. The van der Waals surface area contributed by atoms with Crippen LogP contribution in [0.4, 0.5) is 21.0 Å². The number of carbonyl (C=O) groups is 6. The van der Waals surface area contributed by atoms with E-state index in [2.05, 4.69) is 16.0 Å². The summed E-state index contributed by atoms with van der Waals surface area (Å²) in [6.45, 7) is 5.40. The van der Waals surface area contributed by atoms with Gasteiger partial charge in [0.15, 0.2) is 0 Å². The number of carbonyl (C=O) groups excluding carboxylic acids is 6. The lowest BCUT2D eigenvalue weighted by atomic mass is 10.0. The Kier molecular flexibility index (Phi) is 7.39. The highest BCUT2D eigenvalue weighted by Crippen LogP contribution is 2.28. The Balaban J connectivity index is 1.34. The first-order valence-corrected chi connectivity index (χ1v) is 12.3. The lowest BCUT2D eigenvalue weighted by molar-refractivity contribution is -0.136. The van der Waals surface area contributed by atoms with E-state index in [1.54, 1.807) is 58.2 Å². The Hall–Kier alpha value is -4.74. The molecule has 0 aliphatic carbocycles. The molecule has 12 nitrogen and oxygen atoms in total. The Morgan fingerprint density at radius 2 is 1.69 bits per heavy atom. The van der Waals surface area contributed by atoms with Crippen molar-refractivity contribution in [2.24, 2.45) is 0 Å². The second-order valence-corrected chi connectivity index (χ2v) is 10.2. The lowest BCUT2D eigenvalue weighted by Gasteiger charge is -2.27. The molecule has 2 aromatic carbocycles. The number of nitrogens with zero attached hydrogens (tertiary/aromatic N) is 2. The number of hydrogen-bond acceptors (Lipinski definition) is 7. The Labute approximate surface area is 224 Å².